The number of aliphatic hydroxyl groups is 1. The first-order valence-electron chi connectivity index (χ1n) is 7.18. The standard InChI is InChI=1S/C17H18O6S/c1-22-14-7-9-15(10-8-14)24(20,21)12-16(18)17(19)23-11-13-5-3-2-4-6-13/h2-10,16,18H,11-12H2,1H3. The number of methoxy groups -OCH3 is 1. The van der Waals surface area contributed by atoms with Crippen LogP contribution in [0.5, 0.6) is 5.75 Å². The Bertz CT molecular complexity index is 768. The van der Waals surface area contributed by atoms with Crippen molar-refractivity contribution in [3.8, 4) is 5.75 Å². The van der Waals surface area contributed by atoms with Crippen molar-refractivity contribution in [3.05, 3.63) is 60.2 Å². The molecule has 2 rings (SSSR count). The van der Waals surface area contributed by atoms with Gasteiger partial charge in [0.25, 0.3) is 0 Å². The summed E-state index contributed by atoms with van der Waals surface area (Å²) in [6.07, 6.45) is -1.75. The number of carbonyl (C=O) groups excluding carboxylic acids is 1. The molecule has 0 saturated heterocycles. The highest BCUT2D eigenvalue weighted by atomic mass is 32.2. The van der Waals surface area contributed by atoms with Crippen molar-refractivity contribution in [2.24, 2.45) is 0 Å². The molecular weight excluding hydrogens is 332 g/mol. The minimum absolute atomic E-state index is 0.00166. The molecule has 0 fully saturated rings. The van der Waals surface area contributed by atoms with Gasteiger partial charge in [0, 0.05) is 0 Å². The molecule has 0 aliphatic heterocycles. The van der Waals surface area contributed by atoms with E-state index in [1.807, 2.05) is 6.07 Å². The van der Waals surface area contributed by atoms with Gasteiger partial charge in [-0.1, -0.05) is 30.3 Å². The molecule has 0 aliphatic rings. The number of hydrogen-bond acceptors (Lipinski definition) is 6. The summed E-state index contributed by atoms with van der Waals surface area (Å²) in [6, 6.07) is 14.6. The molecule has 2 aromatic carbocycles. The molecule has 0 spiro atoms. The molecule has 2 aromatic rings. The lowest BCUT2D eigenvalue weighted by molar-refractivity contribution is -0.153. The third kappa shape index (κ3) is 4.81. The van der Waals surface area contributed by atoms with Crippen LogP contribution >= 0.6 is 0 Å². The van der Waals surface area contributed by atoms with Crippen LogP contribution in [0.3, 0.4) is 0 Å². The molecule has 0 aromatic heterocycles. The number of sulfone groups is 1. The molecular formula is C17H18O6S. The van der Waals surface area contributed by atoms with Gasteiger partial charge in [-0.2, -0.15) is 0 Å². The molecule has 0 bridgehead atoms. The Kier molecular flexibility index (Phi) is 5.94. The molecule has 128 valence electrons. The summed E-state index contributed by atoms with van der Waals surface area (Å²) < 4.78 is 34.3. The van der Waals surface area contributed by atoms with E-state index in [-0.39, 0.29) is 11.5 Å². The highest BCUT2D eigenvalue weighted by Crippen LogP contribution is 2.17. The Balaban J connectivity index is 1.96. The fourth-order valence-corrected chi connectivity index (χ4v) is 3.28. The topological polar surface area (TPSA) is 89.9 Å². The maximum atomic E-state index is 12.2. The van der Waals surface area contributed by atoms with Crippen LogP contribution in [0.15, 0.2) is 59.5 Å². The fraction of sp³-hybridized carbons (Fsp3) is 0.235. The van der Waals surface area contributed by atoms with Gasteiger partial charge in [0.2, 0.25) is 0 Å². The number of esters is 1. The third-order valence-corrected chi connectivity index (χ3v) is 5.04. The first-order valence-corrected chi connectivity index (χ1v) is 8.83. The smallest absolute Gasteiger partial charge is 0.336 e. The summed E-state index contributed by atoms with van der Waals surface area (Å²) >= 11 is 0. The van der Waals surface area contributed by atoms with E-state index in [0.29, 0.717) is 5.75 Å². The van der Waals surface area contributed by atoms with Gasteiger partial charge in [0.05, 0.1) is 17.8 Å². The van der Waals surface area contributed by atoms with Gasteiger partial charge in [0.1, 0.15) is 12.4 Å². The van der Waals surface area contributed by atoms with Crippen molar-refractivity contribution in [1.29, 1.82) is 0 Å². The Morgan fingerprint density at radius 3 is 2.29 bits per heavy atom. The van der Waals surface area contributed by atoms with Crippen LogP contribution in [-0.4, -0.2) is 38.5 Å². The van der Waals surface area contributed by atoms with Crippen molar-refractivity contribution < 1.29 is 27.8 Å². The maximum Gasteiger partial charge on any atom is 0.336 e. The average Bonchev–Trinajstić information content (AvgIpc) is 2.60. The van der Waals surface area contributed by atoms with Crippen LogP contribution in [0.1, 0.15) is 5.56 Å². The summed E-state index contributed by atoms with van der Waals surface area (Å²) in [7, 11) is -2.35. The number of rotatable bonds is 7. The van der Waals surface area contributed by atoms with Crippen LogP contribution in [0.25, 0.3) is 0 Å². The Labute approximate surface area is 140 Å². The summed E-state index contributed by atoms with van der Waals surface area (Å²) in [5.74, 6) is -1.21. The van der Waals surface area contributed by atoms with Crippen molar-refractivity contribution in [3.63, 3.8) is 0 Å². The van der Waals surface area contributed by atoms with E-state index in [9.17, 15) is 18.3 Å². The lowest BCUT2D eigenvalue weighted by Gasteiger charge is -2.11. The van der Waals surface area contributed by atoms with Gasteiger partial charge in [-0.25, -0.2) is 13.2 Å². The van der Waals surface area contributed by atoms with E-state index >= 15 is 0 Å². The molecule has 1 atom stereocenters. The van der Waals surface area contributed by atoms with Gasteiger partial charge in [-0.15, -0.1) is 0 Å². The lowest BCUT2D eigenvalue weighted by atomic mass is 10.2. The van der Waals surface area contributed by atoms with Crippen molar-refractivity contribution >= 4 is 15.8 Å². The molecule has 24 heavy (non-hydrogen) atoms. The molecule has 1 N–H and O–H groups in total. The molecule has 7 heteroatoms. The SMILES string of the molecule is COc1ccc(S(=O)(=O)CC(O)C(=O)OCc2ccccc2)cc1. The van der Waals surface area contributed by atoms with Crippen LogP contribution in [-0.2, 0) is 26.0 Å². The van der Waals surface area contributed by atoms with Crippen molar-refractivity contribution in [2.45, 2.75) is 17.6 Å². The average molecular weight is 350 g/mol. The van der Waals surface area contributed by atoms with Gasteiger partial charge in [-0.3, -0.25) is 0 Å². The summed E-state index contributed by atoms with van der Waals surface area (Å²) in [5, 5.41) is 9.82. The second kappa shape index (κ2) is 7.94. The predicted molar refractivity (Wildman–Crippen MR) is 87.3 cm³/mol. The van der Waals surface area contributed by atoms with Gasteiger partial charge in [-0.05, 0) is 29.8 Å². The zero-order valence-electron chi connectivity index (χ0n) is 13.1. The highest BCUT2D eigenvalue weighted by Gasteiger charge is 2.26. The molecule has 0 radical (unpaired) electrons. The summed E-state index contributed by atoms with van der Waals surface area (Å²) in [4.78, 5) is 11.8. The molecule has 0 amide bonds. The zero-order chi connectivity index (χ0) is 17.6. The first-order chi connectivity index (χ1) is 11.4. The zero-order valence-corrected chi connectivity index (χ0v) is 13.9. The Morgan fingerprint density at radius 2 is 1.71 bits per heavy atom. The second-order valence-electron chi connectivity index (χ2n) is 5.07. The lowest BCUT2D eigenvalue weighted by Crippen LogP contribution is -2.30. The van der Waals surface area contributed by atoms with Crippen molar-refractivity contribution in [2.75, 3.05) is 12.9 Å². The number of ether oxygens (including phenoxy) is 2. The molecule has 6 nitrogen and oxygen atoms in total. The van der Waals surface area contributed by atoms with Gasteiger partial charge < -0.3 is 14.6 Å². The summed E-state index contributed by atoms with van der Waals surface area (Å²) in [6.45, 7) is -0.0285. The van der Waals surface area contributed by atoms with E-state index in [1.165, 1.54) is 31.4 Å². The first kappa shape index (κ1) is 18.0. The molecule has 0 aliphatic carbocycles. The van der Waals surface area contributed by atoms with Crippen LogP contribution in [0, 0.1) is 0 Å². The predicted octanol–water partition coefficient (Wildman–Crippen LogP) is 1.57. The van der Waals surface area contributed by atoms with E-state index in [2.05, 4.69) is 0 Å². The molecule has 1 unspecified atom stereocenters. The number of benzene rings is 2. The third-order valence-electron chi connectivity index (χ3n) is 3.29. The summed E-state index contributed by atoms with van der Waals surface area (Å²) in [5.41, 5.74) is 0.746. The Morgan fingerprint density at radius 1 is 1.08 bits per heavy atom. The normalized spacial score (nSPS) is 12.4. The van der Waals surface area contributed by atoms with Gasteiger partial charge in [0.15, 0.2) is 15.9 Å². The molecule has 0 heterocycles. The second-order valence-corrected chi connectivity index (χ2v) is 7.10. The quantitative estimate of drug-likeness (QED) is 0.763. The van der Waals surface area contributed by atoms with Crippen LogP contribution in [0.2, 0.25) is 0 Å². The minimum atomic E-state index is -3.82. The highest BCUT2D eigenvalue weighted by molar-refractivity contribution is 7.91. The maximum absolute atomic E-state index is 12.2. The number of carbonyl (C=O) groups is 1. The van der Waals surface area contributed by atoms with E-state index < -0.39 is 27.7 Å². The number of aliphatic hydroxyl groups excluding tert-OH is 1. The van der Waals surface area contributed by atoms with Crippen LogP contribution < -0.4 is 4.74 Å². The van der Waals surface area contributed by atoms with Crippen LogP contribution in [0.4, 0.5) is 0 Å². The van der Waals surface area contributed by atoms with Gasteiger partial charge >= 0.3 is 5.97 Å². The number of hydrogen-bond donors (Lipinski definition) is 1. The minimum Gasteiger partial charge on any atom is -0.497 e. The fourth-order valence-electron chi connectivity index (χ4n) is 1.98. The van der Waals surface area contributed by atoms with E-state index in [1.54, 1.807) is 24.3 Å². The van der Waals surface area contributed by atoms with E-state index in [4.69, 9.17) is 9.47 Å². The molecule has 0 saturated carbocycles. The largest absolute Gasteiger partial charge is 0.497 e. The van der Waals surface area contributed by atoms with Crippen molar-refractivity contribution in [1.82, 2.24) is 0 Å². The monoisotopic (exact) mass is 350 g/mol. The Hall–Kier alpha value is -2.38. The van der Waals surface area contributed by atoms with E-state index in [0.717, 1.165) is 5.56 Å².